The Labute approximate surface area is 108 Å². The molecule has 0 unspecified atom stereocenters. The lowest BCUT2D eigenvalue weighted by Gasteiger charge is -2.10. The highest BCUT2D eigenvalue weighted by Crippen LogP contribution is 2.34. The smallest absolute Gasteiger partial charge is 0.166 e. The van der Waals surface area contributed by atoms with Crippen molar-refractivity contribution in [2.24, 2.45) is 0 Å². The van der Waals surface area contributed by atoms with Crippen LogP contribution in [-0.2, 0) is 6.18 Å². The van der Waals surface area contributed by atoms with Gasteiger partial charge in [-0.15, -0.1) is 0 Å². The molecule has 0 fully saturated rings. The van der Waals surface area contributed by atoms with Crippen molar-refractivity contribution in [1.29, 1.82) is 0 Å². The van der Waals surface area contributed by atoms with Crippen molar-refractivity contribution < 1.29 is 13.2 Å². The molecule has 0 amide bonds. The number of hydrogen-bond donors (Lipinski definition) is 0. The summed E-state index contributed by atoms with van der Waals surface area (Å²) in [6.07, 6.45) is -4.34. The Balaban J connectivity index is 2.51. The van der Waals surface area contributed by atoms with Gasteiger partial charge >= 0.3 is 6.18 Å². The lowest BCUT2D eigenvalue weighted by molar-refractivity contribution is -0.137. The van der Waals surface area contributed by atoms with Gasteiger partial charge in [0.1, 0.15) is 0 Å². The molecule has 0 radical (unpaired) electrons. The molecule has 0 heterocycles. The van der Waals surface area contributed by atoms with E-state index in [0.717, 1.165) is 17.7 Å². The summed E-state index contributed by atoms with van der Waals surface area (Å²) in [6, 6.07) is 10.4. The van der Waals surface area contributed by atoms with Crippen molar-refractivity contribution in [2.75, 3.05) is 0 Å². The molecule has 0 saturated heterocycles. The third kappa shape index (κ3) is 2.67. The maximum atomic E-state index is 12.6. The molecule has 0 aromatic heterocycles. The molecule has 0 aliphatic rings. The topological polar surface area (TPSA) is 0 Å². The van der Waals surface area contributed by atoms with Crippen LogP contribution in [0.4, 0.5) is 13.2 Å². The zero-order chi connectivity index (χ0) is 13.3. The summed E-state index contributed by atoms with van der Waals surface area (Å²) in [4.78, 5) is 0. The van der Waals surface area contributed by atoms with Crippen LogP contribution in [0.2, 0.25) is 5.02 Å². The van der Waals surface area contributed by atoms with Crippen LogP contribution in [-0.4, -0.2) is 0 Å². The third-order valence-electron chi connectivity index (χ3n) is 2.63. The summed E-state index contributed by atoms with van der Waals surface area (Å²) in [6.45, 7) is 1.88. The molecule has 94 valence electrons. The lowest BCUT2D eigenvalue weighted by Crippen LogP contribution is -2.04. The van der Waals surface area contributed by atoms with Crippen molar-refractivity contribution in [1.82, 2.24) is 0 Å². The van der Waals surface area contributed by atoms with Gasteiger partial charge in [-0.25, -0.2) is 0 Å². The summed E-state index contributed by atoms with van der Waals surface area (Å²) in [5.74, 6) is 0. The highest BCUT2D eigenvalue weighted by Gasteiger charge is 2.30. The Kier molecular flexibility index (Phi) is 3.35. The van der Waals surface area contributed by atoms with Gasteiger partial charge in [-0.2, -0.15) is 13.2 Å². The number of halogens is 4. The Morgan fingerprint density at radius 1 is 1.00 bits per heavy atom. The second-order valence-electron chi connectivity index (χ2n) is 4.06. The van der Waals surface area contributed by atoms with Crippen LogP contribution in [0.1, 0.15) is 11.1 Å². The summed E-state index contributed by atoms with van der Waals surface area (Å²) in [5, 5.41) is 0.453. The Morgan fingerprint density at radius 2 is 1.72 bits per heavy atom. The summed E-state index contributed by atoms with van der Waals surface area (Å²) >= 11 is 6.05. The van der Waals surface area contributed by atoms with Crippen molar-refractivity contribution >= 4 is 11.6 Å². The summed E-state index contributed by atoms with van der Waals surface area (Å²) < 4.78 is 37.8. The largest absolute Gasteiger partial charge is 0.416 e. The first-order valence-electron chi connectivity index (χ1n) is 5.32. The second kappa shape index (κ2) is 4.65. The Hall–Kier alpha value is -1.48. The van der Waals surface area contributed by atoms with E-state index in [-0.39, 0.29) is 0 Å². The van der Waals surface area contributed by atoms with Gasteiger partial charge in [-0.3, -0.25) is 0 Å². The van der Waals surface area contributed by atoms with Gasteiger partial charge < -0.3 is 0 Å². The fraction of sp³-hybridized carbons (Fsp3) is 0.143. The molecule has 0 bridgehead atoms. The van der Waals surface area contributed by atoms with E-state index >= 15 is 0 Å². The SMILES string of the molecule is Cc1ccc(-c2cccc(C(F)(F)F)c2)c(Cl)c1. The first-order valence-corrected chi connectivity index (χ1v) is 5.69. The molecule has 4 heteroatoms. The Morgan fingerprint density at radius 3 is 2.33 bits per heavy atom. The van der Waals surface area contributed by atoms with E-state index in [4.69, 9.17) is 11.6 Å². The van der Waals surface area contributed by atoms with Crippen LogP contribution in [0.25, 0.3) is 11.1 Å². The standard InChI is InChI=1S/C14H10ClF3/c1-9-5-6-12(13(15)7-9)10-3-2-4-11(8-10)14(16,17)18/h2-8H,1H3. The molecule has 0 spiro atoms. The van der Waals surface area contributed by atoms with Crippen molar-refractivity contribution in [2.45, 2.75) is 13.1 Å². The number of benzene rings is 2. The molecule has 0 nitrogen and oxygen atoms in total. The third-order valence-corrected chi connectivity index (χ3v) is 2.94. The Bertz CT molecular complexity index is 573. The van der Waals surface area contributed by atoms with Crippen molar-refractivity contribution in [3.63, 3.8) is 0 Å². The lowest BCUT2D eigenvalue weighted by atomic mass is 10.0. The van der Waals surface area contributed by atoms with E-state index in [1.165, 1.54) is 6.07 Å². The van der Waals surface area contributed by atoms with E-state index in [9.17, 15) is 13.2 Å². The molecule has 0 saturated carbocycles. The minimum Gasteiger partial charge on any atom is -0.166 e. The predicted molar refractivity (Wildman–Crippen MR) is 66.6 cm³/mol. The van der Waals surface area contributed by atoms with Gasteiger partial charge in [0.2, 0.25) is 0 Å². The highest BCUT2D eigenvalue weighted by molar-refractivity contribution is 6.33. The molecule has 0 aliphatic carbocycles. The maximum Gasteiger partial charge on any atom is 0.416 e. The van der Waals surface area contributed by atoms with Gasteiger partial charge in [-0.05, 0) is 36.2 Å². The fourth-order valence-corrected chi connectivity index (χ4v) is 2.06. The zero-order valence-corrected chi connectivity index (χ0v) is 10.3. The first kappa shape index (κ1) is 13.0. The van der Waals surface area contributed by atoms with E-state index in [2.05, 4.69) is 0 Å². The molecule has 2 aromatic rings. The molecule has 2 rings (SSSR count). The fourth-order valence-electron chi connectivity index (χ4n) is 1.72. The van der Waals surface area contributed by atoms with Crippen LogP contribution >= 0.6 is 11.6 Å². The van der Waals surface area contributed by atoms with Crippen LogP contribution in [0.3, 0.4) is 0 Å². The van der Waals surface area contributed by atoms with E-state index < -0.39 is 11.7 Å². The van der Waals surface area contributed by atoms with Crippen LogP contribution in [0, 0.1) is 6.92 Å². The monoisotopic (exact) mass is 270 g/mol. The average Bonchev–Trinajstić information content (AvgIpc) is 2.28. The van der Waals surface area contributed by atoms with Crippen molar-refractivity contribution in [3.8, 4) is 11.1 Å². The molecule has 18 heavy (non-hydrogen) atoms. The van der Waals surface area contributed by atoms with Gasteiger partial charge in [0.05, 0.1) is 5.56 Å². The predicted octanol–water partition coefficient (Wildman–Crippen LogP) is 5.33. The normalized spacial score (nSPS) is 11.6. The van der Waals surface area contributed by atoms with Gasteiger partial charge in [0.25, 0.3) is 0 Å². The average molecular weight is 271 g/mol. The molecular weight excluding hydrogens is 261 g/mol. The molecule has 0 N–H and O–H groups in total. The minimum absolute atomic E-state index is 0.453. The van der Waals surface area contributed by atoms with Crippen molar-refractivity contribution in [3.05, 3.63) is 58.6 Å². The van der Waals surface area contributed by atoms with Crippen LogP contribution in [0.5, 0.6) is 0 Å². The number of hydrogen-bond acceptors (Lipinski definition) is 0. The second-order valence-corrected chi connectivity index (χ2v) is 4.47. The van der Waals surface area contributed by atoms with E-state index in [1.807, 2.05) is 13.0 Å². The van der Waals surface area contributed by atoms with Crippen LogP contribution < -0.4 is 0 Å². The number of rotatable bonds is 1. The molecular formula is C14H10ClF3. The molecule has 2 aromatic carbocycles. The van der Waals surface area contributed by atoms with E-state index in [0.29, 0.717) is 16.1 Å². The van der Waals surface area contributed by atoms with Gasteiger partial charge in [0.15, 0.2) is 0 Å². The van der Waals surface area contributed by atoms with Gasteiger partial charge in [0, 0.05) is 10.6 Å². The summed E-state index contributed by atoms with van der Waals surface area (Å²) in [7, 11) is 0. The zero-order valence-electron chi connectivity index (χ0n) is 9.55. The summed E-state index contributed by atoms with van der Waals surface area (Å²) in [5.41, 5.74) is 1.37. The van der Waals surface area contributed by atoms with Crippen LogP contribution in [0.15, 0.2) is 42.5 Å². The maximum absolute atomic E-state index is 12.6. The number of aryl methyl sites for hydroxylation is 1. The number of alkyl halides is 3. The van der Waals surface area contributed by atoms with Gasteiger partial charge in [-0.1, -0.05) is 35.9 Å². The molecule has 0 aliphatic heterocycles. The minimum atomic E-state index is -4.34. The molecule has 0 atom stereocenters. The highest BCUT2D eigenvalue weighted by atomic mass is 35.5. The van der Waals surface area contributed by atoms with E-state index in [1.54, 1.807) is 18.2 Å². The quantitative estimate of drug-likeness (QED) is 0.657. The first-order chi connectivity index (χ1) is 8.38.